The average Bonchev–Trinajstić information content (AvgIpc) is 3.70. The van der Waals surface area contributed by atoms with Gasteiger partial charge in [0.2, 0.25) is 0 Å². The predicted octanol–water partition coefficient (Wildman–Crippen LogP) is 3.58. The minimum Gasteiger partial charge on any atom is -0.497 e. The molecule has 1 N–H and O–H groups in total. The topological polar surface area (TPSA) is 94.2 Å². The van der Waals surface area contributed by atoms with Crippen molar-refractivity contribution in [3.63, 3.8) is 0 Å². The molecular weight excluding hydrogens is 448 g/mol. The molecule has 1 aliphatic rings. The molecule has 0 unspecified atom stereocenters. The molecule has 0 saturated heterocycles. The van der Waals surface area contributed by atoms with Gasteiger partial charge in [-0.05, 0) is 67.6 Å². The Hall–Kier alpha value is -3.55. The minimum absolute atomic E-state index is 0.156. The van der Waals surface area contributed by atoms with E-state index in [0.29, 0.717) is 24.5 Å². The molecule has 2 amide bonds. The second-order valence-corrected chi connectivity index (χ2v) is 8.86. The molecule has 2 aromatic carbocycles. The van der Waals surface area contributed by atoms with Gasteiger partial charge in [-0.3, -0.25) is 9.59 Å². The molecule has 2 aromatic rings. The third kappa shape index (κ3) is 7.47. The van der Waals surface area contributed by atoms with Crippen molar-refractivity contribution in [1.29, 1.82) is 0 Å². The number of methoxy groups -OCH3 is 1. The lowest BCUT2D eigenvalue weighted by Crippen LogP contribution is -2.46. The summed E-state index contributed by atoms with van der Waals surface area (Å²) in [6.45, 7) is 6.11. The van der Waals surface area contributed by atoms with Crippen LogP contribution in [0.4, 0.5) is 0 Å². The fourth-order valence-corrected chi connectivity index (χ4v) is 3.63. The van der Waals surface area contributed by atoms with Crippen molar-refractivity contribution in [3.05, 3.63) is 59.7 Å². The van der Waals surface area contributed by atoms with Gasteiger partial charge in [-0.25, -0.2) is 4.79 Å². The number of carbonyl (C=O) groups is 3. The molecule has 0 radical (unpaired) electrons. The predicted molar refractivity (Wildman–Crippen MR) is 131 cm³/mol. The molecule has 1 saturated carbocycles. The number of benzene rings is 2. The number of nitrogens with zero attached hydrogens (tertiary/aromatic N) is 1. The Kier molecular flexibility index (Phi) is 9.11. The fourth-order valence-electron chi connectivity index (χ4n) is 3.63. The van der Waals surface area contributed by atoms with E-state index < -0.39 is 17.9 Å². The van der Waals surface area contributed by atoms with Crippen LogP contribution < -0.4 is 14.8 Å². The van der Waals surface area contributed by atoms with Crippen LogP contribution >= 0.6 is 0 Å². The number of nitrogens with one attached hydrogen (secondary N) is 1. The second kappa shape index (κ2) is 12.2. The minimum atomic E-state index is -0.877. The van der Waals surface area contributed by atoms with E-state index in [9.17, 15) is 14.4 Å². The highest BCUT2D eigenvalue weighted by molar-refractivity contribution is 5.97. The number of esters is 1. The van der Waals surface area contributed by atoms with E-state index in [4.69, 9.17) is 14.2 Å². The van der Waals surface area contributed by atoms with Crippen molar-refractivity contribution in [1.82, 2.24) is 10.2 Å². The molecular formula is C27H34N2O6. The standard InChI is InChI=1S/C27H34N2O6/c1-5-34-23-14-8-20(9-15-23)26(31)28-25(18(2)3)27(32)35-17-24(30)29(21-10-11-21)16-19-6-12-22(33-4)13-7-19/h6-9,12-15,18,21,25H,5,10-11,16-17H2,1-4H3,(H,28,31)/t25-/m0/s1. The molecule has 8 nitrogen and oxygen atoms in total. The third-order valence-electron chi connectivity index (χ3n) is 5.79. The van der Waals surface area contributed by atoms with Crippen molar-refractivity contribution >= 4 is 17.8 Å². The Bertz CT molecular complexity index is 999. The maximum Gasteiger partial charge on any atom is 0.329 e. The van der Waals surface area contributed by atoms with Crippen LogP contribution in [0.15, 0.2) is 48.5 Å². The first-order valence-electron chi connectivity index (χ1n) is 11.9. The van der Waals surface area contributed by atoms with Gasteiger partial charge in [-0.2, -0.15) is 0 Å². The molecule has 1 aliphatic carbocycles. The van der Waals surface area contributed by atoms with E-state index in [0.717, 1.165) is 24.2 Å². The summed E-state index contributed by atoms with van der Waals surface area (Å²) >= 11 is 0. The smallest absolute Gasteiger partial charge is 0.329 e. The Morgan fingerprint density at radius 3 is 2.17 bits per heavy atom. The van der Waals surface area contributed by atoms with Crippen molar-refractivity contribution in [2.75, 3.05) is 20.3 Å². The van der Waals surface area contributed by atoms with Crippen molar-refractivity contribution in [2.45, 2.75) is 52.2 Å². The van der Waals surface area contributed by atoms with Crippen LogP contribution in [0.25, 0.3) is 0 Å². The molecule has 1 atom stereocenters. The summed E-state index contributed by atoms with van der Waals surface area (Å²) in [5, 5.41) is 2.73. The summed E-state index contributed by atoms with van der Waals surface area (Å²) in [7, 11) is 1.61. The Morgan fingerprint density at radius 1 is 1.00 bits per heavy atom. The van der Waals surface area contributed by atoms with Crippen LogP contribution in [-0.2, 0) is 20.9 Å². The summed E-state index contributed by atoms with van der Waals surface area (Å²) in [6.07, 6.45) is 1.87. The molecule has 188 valence electrons. The van der Waals surface area contributed by atoms with Crippen LogP contribution in [-0.4, -0.2) is 55.1 Å². The van der Waals surface area contributed by atoms with E-state index >= 15 is 0 Å². The first-order valence-corrected chi connectivity index (χ1v) is 11.9. The first-order chi connectivity index (χ1) is 16.8. The number of hydrogen-bond acceptors (Lipinski definition) is 6. The molecule has 1 fully saturated rings. The molecule has 0 spiro atoms. The zero-order chi connectivity index (χ0) is 25.4. The van der Waals surface area contributed by atoms with E-state index in [1.807, 2.05) is 45.0 Å². The summed E-state index contributed by atoms with van der Waals surface area (Å²) < 4.78 is 15.9. The number of carbonyl (C=O) groups excluding carboxylic acids is 3. The summed E-state index contributed by atoms with van der Waals surface area (Å²) in [5.41, 5.74) is 1.38. The normalized spacial score (nSPS) is 13.6. The van der Waals surface area contributed by atoms with Gasteiger partial charge in [0.05, 0.1) is 13.7 Å². The van der Waals surface area contributed by atoms with Gasteiger partial charge in [-0.15, -0.1) is 0 Å². The lowest BCUT2D eigenvalue weighted by molar-refractivity contribution is -0.155. The molecule has 0 heterocycles. The van der Waals surface area contributed by atoms with Gasteiger partial charge in [0.1, 0.15) is 17.5 Å². The number of hydrogen-bond donors (Lipinski definition) is 1. The zero-order valence-corrected chi connectivity index (χ0v) is 20.8. The van der Waals surface area contributed by atoms with Crippen molar-refractivity contribution < 1.29 is 28.6 Å². The quantitative estimate of drug-likeness (QED) is 0.465. The molecule has 8 heteroatoms. The van der Waals surface area contributed by atoms with E-state index in [2.05, 4.69) is 5.32 Å². The van der Waals surface area contributed by atoms with Crippen LogP contribution in [0.3, 0.4) is 0 Å². The van der Waals surface area contributed by atoms with Crippen LogP contribution in [0, 0.1) is 5.92 Å². The second-order valence-electron chi connectivity index (χ2n) is 8.86. The Balaban J connectivity index is 1.57. The van der Waals surface area contributed by atoms with Gasteiger partial charge >= 0.3 is 5.97 Å². The van der Waals surface area contributed by atoms with Gasteiger partial charge in [0.15, 0.2) is 6.61 Å². The largest absolute Gasteiger partial charge is 0.497 e. The summed E-state index contributed by atoms with van der Waals surface area (Å²) in [4.78, 5) is 40.1. The average molecular weight is 483 g/mol. The number of ether oxygens (including phenoxy) is 3. The highest BCUT2D eigenvalue weighted by Gasteiger charge is 2.34. The van der Waals surface area contributed by atoms with Crippen LogP contribution in [0.5, 0.6) is 11.5 Å². The van der Waals surface area contributed by atoms with Gasteiger partial charge < -0.3 is 24.4 Å². The molecule has 35 heavy (non-hydrogen) atoms. The van der Waals surface area contributed by atoms with Gasteiger partial charge in [0, 0.05) is 18.2 Å². The zero-order valence-electron chi connectivity index (χ0n) is 20.8. The molecule has 3 rings (SSSR count). The van der Waals surface area contributed by atoms with Crippen molar-refractivity contribution in [3.8, 4) is 11.5 Å². The molecule has 0 aromatic heterocycles. The highest BCUT2D eigenvalue weighted by Crippen LogP contribution is 2.29. The van der Waals surface area contributed by atoms with Gasteiger partial charge in [-0.1, -0.05) is 26.0 Å². The fraction of sp³-hybridized carbons (Fsp3) is 0.444. The van der Waals surface area contributed by atoms with E-state index in [-0.39, 0.29) is 24.5 Å². The van der Waals surface area contributed by atoms with Gasteiger partial charge in [0.25, 0.3) is 11.8 Å². The number of rotatable bonds is 12. The monoisotopic (exact) mass is 482 g/mol. The highest BCUT2D eigenvalue weighted by atomic mass is 16.5. The van der Waals surface area contributed by atoms with E-state index in [1.165, 1.54) is 0 Å². The first kappa shape index (κ1) is 26.1. The van der Waals surface area contributed by atoms with Crippen LogP contribution in [0.1, 0.15) is 49.5 Å². The maximum absolute atomic E-state index is 12.9. The summed E-state index contributed by atoms with van der Waals surface area (Å²) in [6, 6.07) is 13.5. The summed E-state index contributed by atoms with van der Waals surface area (Å²) in [5.74, 6) is -0.0849. The lowest BCUT2D eigenvalue weighted by atomic mass is 10.0. The maximum atomic E-state index is 12.9. The molecule has 0 aliphatic heterocycles. The number of amides is 2. The Morgan fingerprint density at radius 2 is 1.63 bits per heavy atom. The lowest BCUT2D eigenvalue weighted by Gasteiger charge is -2.24. The SMILES string of the molecule is CCOc1ccc(C(=O)N[C@H](C(=O)OCC(=O)N(Cc2ccc(OC)cc2)C2CC2)C(C)C)cc1. The van der Waals surface area contributed by atoms with E-state index in [1.54, 1.807) is 36.3 Å². The third-order valence-corrected chi connectivity index (χ3v) is 5.79. The van der Waals surface area contributed by atoms with Crippen molar-refractivity contribution in [2.24, 2.45) is 5.92 Å². The van der Waals surface area contributed by atoms with Crippen LogP contribution in [0.2, 0.25) is 0 Å². The molecule has 0 bridgehead atoms. The Labute approximate surface area is 206 Å².